The molecule has 0 aliphatic heterocycles. The Morgan fingerprint density at radius 1 is 1.42 bits per heavy atom. The van der Waals surface area contributed by atoms with E-state index in [0.29, 0.717) is 0 Å². The van der Waals surface area contributed by atoms with Gasteiger partial charge < -0.3 is 5.11 Å². The van der Waals surface area contributed by atoms with Crippen LogP contribution in [0.1, 0.15) is 12.5 Å². The van der Waals surface area contributed by atoms with Crippen LogP contribution >= 0.6 is 11.8 Å². The van der Waals surface area contributed by atoms with E-state index < -0.39 is 0 Å². The van der Waals surface area contributed by atoms with E-state index >= 15 is 0 Å². The first kappa shape index (κ1) is 12.0. The summed E-state index contributed by atoms with van der Waals surface area (Å²) in [6.45, 7) is 2.00. The molecule has 1 rings (SSSR count). The summed E-state index contributed by atoms with van der Waals surface area (Å²) >= 11 is 1.51. The molecule has 0 bridgehead atoms. The first-order chi connectivity index (χ1) is 5.29. The molecule has 0 aliphatic rings. The second kappa shape index (κ2) is 5.59. The minimum Gasteiger partial charge on any atom is -0.872 e. The largest absolute Gasteiger partial charge is 1.00 e. The average molecular weight is 174 g/mol. The Balaban J connectivity index is 0.00000121. The summed E-state index contributed by atoms with van der Waals surface area (Å²) in [7, 11) is 0. The fourth-order valence-electron chi connectivity index (χ4n) is 1.00. The third-order valence-electron chi connectivity index (χ3n) is 1.66. The maximum absolute atomic E-state index is 11.4. The molecule has 0 saturated carbocycles. The number of aryl methyl sites for hydroxylation is 1. The van der Waals surface area contributed by atoms with Crippen molar-refractivity contribution in [3.05, 3.63) is 23.8 Å². The summed E-state index contributed by atoms with van der Waals surface area (Å²) in [4.78, 5) is 0.851. The minimum absolute atomic E-state index is 0. The summed E-state index contributed by atoms with van der Waals surface area (Å²) in [5.41, 5.74) is 0.914. The summed E-state index contributed by atoms with van der Waals surface area (Å²) < 4.78 is 0. The second-order valence-corrected chi connectivity index (χ2v) is 3.15. The van der Waals surface area contributed by atoms with Gasteiger partial charge in [0.1, 0.15) is 0 Å². The smallest absolute Gasteiger partial charge is 0.872 e. The monoisotopic (exact) mass is 174 g/mol. The van der Waals surface area contributed by atoms with Crippen LogP contribution in [0.25, 0.3) is 0 Å². The van der Waals surface area contributed by atoms with Gasteiger partial charge >= 0.3 is 18.9 Å². The second-order valence-electron chi connectivity index (χ2n) is 2.30. The molecule has 0 saturated heterocycles. The summed E-state index contributed by atoms with van der Waals surface area (Å²) in [5, 5.41) is 11.4. The van der Waals surface area contributed by atoms with Gasteiger partial charge in [-0.05, 0) is 23.6 Å². The van der Waals surface area contributed by atoms with Gasteiger partial charge in [0.15, 0.2) is 0 Å². The third-order valence-corrected chi connectivity index (χ3v) is 2.42. The molecule has 0 amide bonds. The summed E-state index contributed by atoms with van der Waals surface area (Å²) in [6, 6.07) is 5.69. The number of para-hydroxylation sites is 1. The summed E-state index contributed by atoms with van der Waals surface area (Å²) in [6.07, 6.45) is 2.75. The molecule has 1 aromatic carbocycles. The van der Waals surface area contributed by atoms with Crippen LogP contribution in [-0.4, -0.2) is 6.26 Å². The normalized spacial score (nSPS) is 9.17. The van der Waals surface area contributed by atoms with Crippen LogP contribution in [0.3, 0.4) is 0 Å². The number of hydrogen-bond acceptors (Lipinski definition) is 2. The van der Waals surface area contributed by atoms with E-state index in [1.165, 1.54) is 11.8 Å². The van der Waals surface area contributed by atoms with E-state index in [1.807, 2.05) is 31.4 Å². The van der Waals surface area contributed by atoms with Gasteiger partial charge in [-0.15, -0.1) is 11.8 Å². The van der Waals surface area contributed by atoms with Crippen molar-refractivity contribution in [2.75, 3.05) is 6.26 Å². The molecule has 0 atom stereocenters. The van der Waals surface area contributed by atoms with Gasteiger partial charge in [0.25, 0.3) is 0 Å². The number of hydrogen-bond donors (Lipinski definition) is 0. The van der Waals surface area contributed by atoms with Crippen molar-refractivity contribution in [3.8, 4) is 5.75 Å². The molecule has 60 valence electrons. The van der Waals surface area contributed by atoms with Gasteiger partial charge in [-0.1, -0.05) is 30.4 Å². The molecule has 0 unspecified atom stereocenters. The molecule has 0 heterocycles. The third kappa shape index (κ3) is 2.48. The van der Waals surface area contributed by atoms with Crippen molar-refractivity contribution >= 4 is 11.8 Å². The van der Waals surface area contributed by atoms with E-state index in [1.54, 1.807) is 0 Å². The van der Waals surface area contributed by atoms with Crippen molar-refractivity contribution in [1.29, 1.82) is 0 Å². The van der Waals surface area contributed by atoms with Gasteiger partial charge in [0.05, 0.1) is 0 Å². The van der Waals surface area contributed by atoms with Crippen LogP contribution in [0, 0.1) is 0 Å². The number of rotatable bonds is 2. The van der Waals surface area contributed by atoms with Crippen LogP contribution in [0.2, 0.25) is 0 Å². The van der Waals surface area contributed by atoms with Gasteiger partial charge in [-0.2, -0.15) is 0 Å². The Bertz CT molecular complexity index is 228. The van der Waals surface area contributed by atoms with Crippen LogP contribution in [0.15, 0.2) is 23.1 Å². The molecule has 0 spiro atoms. The molecule has 12 heavy (non-hydrogen) atoms. The molecule has 0 aliphatic carbocycles. The SMILES string of the molecule is CCc1cccc(SC)c1[O-].[Li+]. The fourth-order valence-corrected chi connectivity index (χ4v) is 1.53. The topological polar surface area (TPSA) is 23.1 Å². The fraction of sp³-hybridized carbons (Fsp3) is 0.333. The first-order valence-electron chi connectivity index (χ1n) is 3.62. The quantitative estimate of drug-likeness (QED) is 0.426. The predicted molar refractivity (Wildman–Crippen MR) is 47.0 cm³/mol. The van der Waals surface area contributed by atoms with Gasteiger partial charge in [-0.3, -0.25) is 0 Å². The van der Waals surface area contributed by atoms with Crippen molar-refractivity contribution in [2.24, 2.45) is 0 Å². The number of thioether (sulfide) groups is 1. The molecule has 0 fully saturated rings. The zero-order valence-corrected chi connectivity index (χ0v) is 8.57. The van der Waals surface area contributed by atoms with E-state index in [-0.39, 0.29) is 24.6 Å². The Hall–Kier alpha value is -0.0326. The number of benzene rings is 1. The van der Waals surface area contributed by atoms with Crippen molar-refractivity contribution < 1.29 is 24.0 Å². The van der Waals surface area contributed by atoms with Gasteiger partial charge in [-0.25, -0.2) is 0 Å². The maximum Gasteiger partial charge on any atom is 1.00 e. The first-order valence-corrected chi connectivity index (χ1v) is 4.85. The van der Waals surface area contributed by atoms with E-state index in [9.17, 15) is 5.11 Å². The van der Waals surface area contributed by atoms with Gasteiger partial charge in [0.2, 0.25) is 0 Å². The van der Waals surface area contributed by atoms with Crippen molar-refractivity contribution in [2.45, 2.75) is 18.2 Å². The zero-order valence-electron chi connectivity index (χ0n) is 7.76. The van der Waals surface area contributed by atoms with Crippen molar-refractivity contribution in [1.82, 2.24) is 0 Å². The zero-order chi connectivity index (χ0) is 8.27. The van der Waals surface area contributed by atoms with Crippen molar-refractivity contribution in [3.63, 3.8) is 0 Å². The van der Waals surface area contributed by atoms with Crippen LogP contribution in [0.5, 0.6) is 5.75 Å². The molecule has 3 heteroatoms. The maximum atomic E-state index is 11.4. The van der Waals surface area contributed by atoms with E-state index in [2.05, 4.69) is 0 Å². The Morgan fingerprint density at radius 2 is 2.08 bits per heavy atom. The van der Waals surface area contributed by atoms with Gasteiger partial charge in [0, 0.05) is 0 Å². The Kier molecular flexibility index (Phi) is 5.57. The molecule has 0 radical (unpaired) electrons. The molecule has 0 N–H and O–H groups in total. The van der Waals surface area contributed by atoms with E-state index in [4.69, 9.17) is 0 Å². The molecule has 1 aromatic rings. The molecule has 1 nitrogen and oxygen atoms in total. The average Bonchev–Trinajstić information content (AvgIpc) is 2.05. The standard InChI is InChI=1S/C9H12OS.Li/c1-3-7-5-4-6-8(11-2)9(7)10;/h4-6,10H,3H2,1-2H3;/q;+1/p-1. The van der Waals surface area contributed by atoms with Crippen LogP contribution in [0.4, 0.5) is 0 Å². The molecular weight excluding hydrogens is 163 g/mol. The summed E-state index contributed by atoms with van der Waals surface area (Å²) in [5.74, 6) is 0.197. The molecular formula is C9H11LiOS. The van der Waals surface area contributed by atoms with Crippen LogP contribution in [-0.2, 0) is 6.42 Å². The Labute approximate surface area is 89.7 Å². The Morgan fingerprint density at radius 3 is 2.58 bits per heavy atom. The predicted octanol–water partition coefficient (Wildman–Crippen LogP) is -0.951. The van der Waals surface area contributed by atoms with E-state index in [0.717, 1.165) is 16.9 Å². The molecule has 0 aromatic heterocycles. The van der Waals surface area contributed by atoms with Crippen LogP contribution < -0.4 is 24.0 Å². The minimum atomic E-state index is 0.